The molecule has 0 radical (unpaired) electrons. The molecule has 0 aromatic heterocycles. The van der Waals surface area contributed by atoms with E-state index in [1.54, 1.807) is 38.1 Å². The lowest BCUT2D eigenvalue weighted by Gasteiger charge is -2.32. The molecule has 2 aromatic rings. The van der Waals surface area contributed by atoms with Gasteiger partial charge in [0.15, 0.2) is 0 Å². The van der Waals surface area contributed by atoms with E-state index in [9.17, 15) is 18.0 Å². The number of halogens is 3. The summed E-state index contributed by atoms with van der Waals surface area (Å²) in [6.07, 6.45) is 1.34. The third-order valence-electron chi connectivity index (χ3n) is 4.87. The third kappa shape index (κ3) is 7.50. The smallest absolute Gasteiger partial charge is 0.244 e. The number of carbonyl (C=O) groups excluding carboxylic acids is 2. The van der Waals surface area contributed by atoms with Crippen LogP contribution in [0.4, 0.5) is 5.69 Å². The average Bonchev–Trinajstić information content (AvgIpc) is 2.74. The lowest BCUT2D eigenvalue weighted by molar-refractivity contribution is -0.140. The first-order chi connectivity index (χ1) is 15.5. The summed E-state index contributed by atoms with van der Waals surface area (Å²) in [7, 11) is -3.85. The highest BCUT2D eigenvalue weighted by atomic mass is 35.5. The Morgan fingerprint density at radius 2 is 1.64 bits per heavy atom. The zero-order valence-electron chi connectivity index (χ0n) is 18.5. The van der Waals surface area contributed by atoms with Crippen LogP contribution in [0.5, 0.6) is 0 Å². The number of benzene rings is 2. The van der Waals surface area contributed by atoms with E-state index < -0.39 is 28.5 Å². The van der Waals surface area contributed by atoms with E-state index in [4.69, 9.17) is 34.8 Å². The summed E-state index contributed by atoms with van der Waals surface area (Å²) in [4.78, 5) is 27.5. The van der Waals surface area contributed by atoms with Gasteiger partial charge in [-0.1, -0.05) is 53.9 Å². The second-order valence-corrected chi connectivity index (χ2v) is 10.5. The molecule has 11 heteroatoms. The molecule has 0 unspecified atom stereocenters. The number of amides is 2. The molecule has 0 aliphatic rings. The molecule has 2 amide bonds. The van der Waals surface area contributed by atoms with Crippen LogP contribution < -0.4 is 9.62 Å². The number of carbonyl (C=O) groups is 2. The number of nitrogens with one attached hydrogen (secondary N) is 1. The molecule has 0 aliphatic heterocycles. The van der Waals surface area contributed by atoms with Crippen LogP contribution in [0.1, 0.15) is 25.8 Å². The van der Waals surface area contributed by atoms with E-state index in [-0.39, 0.29) is 28.2 Å². The topological polar surface area (TPSA) is 86.8 Å². The van der Waals surface area contributed by atoms with Gasteiger partial charge in [-0.15, -0.1) is 0 Å². The van der Waals surface area contributed by atoms with Crippen LogP contribution in [0, 0.1) is 0 Å². The highest BCUT2D eigenvalue weighted by Crippen LogP contribution is 2.28. The normalized spacial score (nSPS) is 12.2. The predicted octanol–water partition coefficient (Wildman–Crippen LogP) is 4.36. The third-order valence-corrected chi connectivity index (χ3v) is 7.01. The van der Waals surface area contributed by atoms with Gasteiger partial charge in [0.25, 0.3) is 0 Å². The lowest BCUT2D eigenvalue weighted by atomic mass is 10.1. The van der Waals surface area contributed by atoms with Crippen LogP contribution >= 0.6 is 34.8 Å². The molecule has 0 aliphatic carbocycles. The molecule has 0 saturated heterocycles. The van der Waals surface area contributed by atoms with Gasteiger partial charge in [0.1, 0.15) is 12.6 Å². The van der Waals surface area contributed by atoms with Crippen LogP contribution in [-0.2, 0) is 26.2 Å². The maximum Gasteiger partial charge on any atom is 0.244 e. The number of rotatable bonds is 10. The van der Waals surface area contributed by atoms with Crippen LogP contribution in [-0.4, -0.2) is 50.5 Å². The summed E-state index contributed by atoms with van der Waals surface area (Å²) in [6, 6.07) is 10.4. The Balaban J connectivity index is 2.44. The van der Waals surface area contributed by atoms with Crippen LogP contribution in [0.25, 0.3) is 0 Å². The fraction of sp³-hybridized carbons (Fsp3) is 0.364. The standard InChI is InChI=1S/C22H26Cl3N3O4S/c1-4-20(22(30)26-5-2)27(13-15-6-8-16(23)9-7-15)21(29)14-28(33(3,31)32)17-10-11-18(24)19(25)12-17/h6-12,20H,4-5,13-14H2,1-3H3,(H,26,30)/t20-/m0/s1. The highest BCUT2D eigenvalue weighted by Gasteiger charge is 2.31. The molecule has 1 atom stereocenters. The summed E-state index contributed by atoms with van der Waals surface area (Å²) in [5.41, 5.74) is 0.939. The number of sulfonamides is 1. The molecule has 0 bridgehead atoms. The van der Waals surface area contributed by atoms with E-state index in [1.165, 1.54) is 23.1 Å². The number of likely N-dealkylation sites (N-methyl/N-ethyl adjacent to an activating group) is 1. The summed E-state index contributed by atoms with van der Waals surface area (Å²) in [5.74, 6) is -0.859. The van der Waals surface area contributed by atoms with Gasteiger partial charge >= 0.3 is 0 Å². The zero-order chi connectivity index (χ0) is 24.8. The summed E-state index contributed by atoms with van der Waals surface area (Å²) in [6.45, 7) is 3.56. The Bertz CT molecular complexity index is 1090. The van der Waals surface area contributed by atoms with Crippen molar-refractivity contribution in [2.24, 2.45) is 0 Å². The minimum absolute atomic E-state index is 0.102. The van der Waals surface area contributed by atoms with Crippen molar-refractivity contribution in [1.82, 2.24) is 10.2 Å². The lowest BCUT2D eigenvalue weighted by Crippen LogP contribution is -2.52. The van der Waals surface area contributed by atoms with Gasteiger partial charge < -0.3 is 10.2 Å². The van der Waals surface area contributed by atoms with Crippen molar-refractivity contribution >= 4 is 62.3 Å². The van der Waals surface area contributed by atoms with E-state index >= 15 is 0 Å². The predicted molar refractivity (Wildman–Crippen MR) is 133 cm³/mol. The minimum Gasteiger partial charge on any atom is -0.355 e. The van der Waals surface area contributed by atoms with Gasteiger partial charge in [0.2, 0.25) is 21.8 Å². The molecule has 2 rings (SSSR count). The molecule has 0 saturated carbocycles. The first-order valence-corrected chi connectivity index (χ1v) is 13.2. The molecule has 1 N–H and O–H groups in total. The maximum atomic E-state index is 13.5. The Labute approximate surface area is 209 Å². The molecule has 0 spiro atoms. The number of anilines is 1. The minimum atomic E-state index is -3.85. The zero-order valence-corrected chi connectivity index (χ0v) is 21.6. The monoisotopic (exact) mass is 533 g/mol. The molecule has 0 fully saturated rings. The SMILES string of the molecule is CCNC(=O)[C@H](CC)N(Cc1ccc(Cl)cc1)C(=O)CN(c1ccc(Cl)c(Cl)c1)S(C)(=O)=O. The van der Waals surface area contributed by atoms with Gasteiger partial charge in [-0.3, -0.25) is 13.9 Å². The molecule has 2 aromatic carbocycles. The highest BCUT2D eigenvalue weighted by molar-refractivity contribution is 7.92. The summed E-state index contributed by atoms with van der Waals surface area (Å²) in [5, 5.41) is 3.69. The van der Waals surface area contributed by atoms with Gasteiger partial charge in [-0.2, -0.15) is 0 Å². The van der Waals surface area contributed by atoms with Crippen LogP contribution in [0.3, 0.4) is 0 Å². The Hall–Kier alpha value is -2.00. The second kappa shape index (κ2) is 11.9. The van der Waals surface area contributed by atoms with E-state index in [1.807, 2.05) is 0 Å². The molecular formula is C22H26Cl3N3O4S. The van der Waals surface area contributed by atoms with Crippen molar-refractivity contribution in [3.63, 3.8) is 0 Å². The van der Waals surface area contributed by atoms with Gasteiger partial charge in [-0.05, 0) is 49.2 Å². The molecule has 33 heavy (non-hydrogen) atoms. The largest absolute Gasteiger partial charge is 0.355 e. The van der Waals surface area contributed by atoms with E-state index in [0.717, 1.165) is 16.1 Å². The van der Waals surface area contributed by atoms with Crippen molar-refractivity contribution in [2.75, 3.05) is 23.7 Å². The van der Waals surface area contributed by atoms with Gasteiger partial charge in [0, 0.05) is 18.1 Å². The molecule has 0 heterocycles. The van der Waals surface area contributed by atoms with Crippen molar-refractivity contribution in [2.45, 2.75) is 32.9 Å². The molecule has 180 valence electrons. The quantitative estimate of drug-likeness (QED) is 0.491. The number of hydrogen-bond acceptors (Lipinski definition) is 4. The molecule has 7 nitrogen and oxygen atoms in total. The van der Waals surface area contributed by atoms with Crippen LogP contribution in [0.15, 0.2) is 42.5 Å². The summed E-state index contributed by atoms with van der Waals surface area (Å²) < 4.78 is 26.0. The Morgan fingerprint density at radius 3 is 2.15 bits per heavy atom. The average molecular weight is 535 g/mol. The van der Waals surface area contributed by atoms with Crippen molar-refractivity contribution in [1.29, 1.82) is 0 Å². The van der Waals surface area contributed by atoms with Crippen molar-refractivity contribution in [3.05, 3.63) is 63.1 Å². The fourth-order valence-electron chi connectivity index (χ4n) is 3.25. The summed E-state index contributed by atoms with van der Waals surface area (Å²) >= 11 is 18.0. The van der Waals surface area contributed by atoms with E-state index in [2.05, 4.69) is 5.32 Å². The Morgan fingerprint density at radius 1 is 1.00 bits per heavy atom. The van der Waals surface area contributed by atoms with Crippen molar-refractivity contribution < 1.29 is 18.0 Å². The van der Waals surface area contributed by atoms with E-state index in [0.29, 0.717) is 18.0 Å². The fourth-order valence-corrected chi connectivity index (χ4v) is 4.51. The van der Waals surface area contributed by atoms with Gasteiger partial charge in [-0.25, -0.2) is 8.42 Å². The van der Waals surface area contributed by atoms with Crippen LogP contribution in [0.2, 0.25) is 15.1 Å². The maximum absolute atomic E-state index is 13.5. The first kappa shape index (κ1) is 27.2. The molecular weight excluding hydrogens is 509 g/mol. The second-order valence-electron chi connectivity index (χ2n) is 7.33. The Kier molecular flexibility index (Phi) is 9.84. The first-order valence-electron chi connectivity index (χ1n) is 10.2. The van der Waals surface area contributed by atoms with Crippen molar-refractivity contribution in [3.8, 4) is 0 Å². The van der Waals surface area contributed by atoms with Gasteiger partial charge in [0.05, 0.1) is 22.0 Å². The number of hydrogen-bond donors (Lipinski definition) is 1. The number of nitrogens with zero attached hydrogens (tertiary/aromatic N) is 2.